The summed E-state index contributed by atoms with van der Waals surface area (Å²) < 4.78 is 5.20. The molecule has 1 amide bonds. The number of hydrogen-bond acceptors (Lipinski definition) is 6. The van der Waals surface area contributed by atoms with Crippen molar-refractivity contribution in [3.05, 3.63) is 66.5 Å². The average molecular weight is 432 g/mol. The van der Waals surface area contributed by atoms with E-state index in [0.717, 1.165) is 55.0 Å². The fraction of sp³-hybridized carbons (Fsp3) is 0.320. The van der Waals surface area contributed by atoms with Crippen LogP contribution in [0, 0.1) is 0 Å². The quantitative estimate of drug-likeness (QED) is 0.567. The van der Waals surface area contributed by atoms with Gasteiger partial charge in [0.1, 0.15) is 5.75 Å². The summed E-state index contributed by atoms with van der Waals surface area (Å²) in [5, 5.41) is 6.27. The van der Waals surface area contributed by atoms with Crippen LogP contribution in [0.5, 0.6) is 5.75 Å². The van der Waals surface area contributed by atoms with Gasteiger partial charge in [0, 0.05) is 56.2 Å². The molecule has 1 saturated heterocycles. The Balaban J connectivity index is 1.27. The molecule has 1 aromatic heterocycles. The molecule has 0 saturated carbocycles. The fourth-order valence-corrected chi connectivity index (χ4v) is 3.94. The highest BCUT2D eigenvalue weighted by Crippen LogP contribution is 2.22. The minimum atomic E-state index is 0.0549. The van der Waals surface area contributed by atoms with E-state index in [-0.39, 0.29) is 11.9 Å². The summed E-state index contributed by atoms with van der Waals surface area (Å²) in [6, 6.07) is 16.5. The second-order valence-corrected chi connectivity index (χ2v) is 8.08. The van der Waals surface area contributed by atoms with Gasteiger partial charge in [-0.2, -0.15) is 0 Å². The molecular formula is C25H29N5O2. The molecular weight excluding hydrogens is 402 g/mol. The molecule has 0 spiro atoms. The monoisotopic (exact) mass is 431 g/mol. The number of nitrogens with one attached hydrogen (secondary N) is 2. The van der Waals surface area contributed by atoms with Gasteiger partial charge < -0.3 is 20.3 Å². The molecule has 7 heteroatoms. The third kappa shape index (κ3) is 5.82. The number of ether oxygens (including phenoxy) is 1. The Labute approximate surface area is 188 Å². The van der Waals surface area contributed by atoms with Crippen molar-refractivity contribution in [3.63, 3.8) is 0 Å². The topological polar surface area (TPSA) is 79.4 Å². The Morgan fingerprint density at radius 2 is 1.78 bits per heavy atom. The molecule has 4 rings (SSSR count). The van der Waals surface area contributed by atoms with E-state index in [1.165, 1.54) is 5.56 Å². The van der Waals surface area contributed by atoms with E-state index in [1.807, 2.05) is 36.7 Å². The van der Waals surface area contributed by atoms with Crippen LogP contribution in [-0.2, 0) is 11.2 Å². The van der Waals surface area contributed by atoms with E-state index in [9.17, 15) is 4.79 Å². The number of nitrogens with zero attached hydrogens (tertiary/aromatic N) is 3. The molecule has 0 aliphatic carbocycles. The Bertz CT molecular complexity index is 1020. The number of benzene rings is 2. The lowest BCUT2D eigenvalue weighted by Crippen LogP contribution is -2.35. The van der Waals surface area contributed by atoms with Gasteiger partial charge in [0.2, 0.25) is 11.9 Å². The van der Waals surface area contributed by atoms with Crippen molar-refractivity contribution in [2.75, 3.05) is 32.1 Å². The molecule has 0 bridgehead atoms. The van der Waals surface area contributed by atoms with Gasteiger partial charge in [0.15, 0.2) is 0 Å². The lowest BCUT2D eigenvalue weighted by molar-refractivity contribution is -0.119. The van der Waals surface area contributed by atoms with E-state index in [4.69, 9.17) is 4.74 Å². The molecule has 1 fully saturated rings. The third-order valence-corrected chi connectivity index (χ3v) is 5.68. The predicted molar refractivity (Wildman–Crippen MR) is 126 cm³/mol. The average Bonchev–Trinajstić information content (AvgIpc) is 3.26. The van der Waals surface area contributed by atoms with Crippen LogP contribution < -0.4 is 15.4 Å². The molecule has 1 aliphatic heterocycles. The van der Waals surface area contributed by atoms with Crippen LogP contribution in [0.4, 0.5) is 11.6 Å². The summed E-state index contributed by atoms with van der Waals surface area (Å²) in [5.74, 6) is 1.45. The normalized spacial score (nSPS) is 16.0. The maximum Gasteiger partial charge on any atom is 0.227 e. The van der Waals surface area contributed by atoms with Crippen molar-refractivity contribution < 1.29 is 9.53 Å². The van der Waals surface area contributed by atoms with Crippen LogP contribution in [-0.4, -0.2) is 53.6 Å². The number of amides is 1. The second kappa shape index (κ2) is 10.2. The standard InChI is InChI=1S/C25H29N5O2/c1-18(31)28-23-12-14-30(17-23)13-11-19-3-7-22(8-4-19)29-25-26-15-21(16-27-25)20-5-9-24(32-2)10-6-20/h3-10,15-16,23H,11-14,17H2,1-2H3,(H,28,31)(H,26,27,29). The predicted octanol–water partition coefficient (Wildman–Crippen LogP) is 3.65. The van der Waals surface area contributed by atoms with Crippen LogP contribution >= 0.6 is 0 Å². The van der Waals surface area contributed by atoms with Crippen LogP contribution in [0.25, 0.3) is 11.1 Å². The van der Waals surface area contributed by atoms with Gasteiger partial charge in [-0.05, 0) is 48.2 Å². The minimum Gasteiger partial charge on any atom is -0.497 e. The van der Waals surface area contributed by atoms with Crippen LogP contribution in [0.3, 0.4) is 0 Å². The summed E-state index contributed by atoms with van der Waals surface area (Å²) in [5.41, 5.74) is 4.24. The first kappa shape index (κ1) is 21.8. The molecule has 3 aromatic rings. The molecule has 2 heterocycles. The zero-order valence-corrected chi connectivity index (χ0v) is 18.5. The van der Waals surface area contributed by atoms with Gasteiger partial charge in [0.25, 0.3) is 0 Å². The van der Waals surface area contributed by atoms with Crippen LogP contribution in [0.2, 0.25) is 0 Å². The lowest BCUT2D eigenvalue weighted by Gasteiger charge is -2.16. The molecule has 1 aliphatic rings. The summed E-state index contributed by atoms with van der Waals surface area (Å²) in [6.07, 6.45) is 5.64. The summed E-state index contributed by atoms with van der Waals surface area (Å²) in [6.45, 7) is 4.55. The number of methoxy groups -OCH3 is 1. The highest BCUT2D eigenvalue weighted by Gasteiger charge is 2.22. The first-order valence-electron chi connectivity index (χ1n) is 10.9. The Kier molecular flexibility index (Phi) is 6.97. The van der Waals surface area contributed by atoms with E-state index in [1.54, 1.807) is 14.0 Å². The van der Waals surface area contributed by atoms with Crippen molar-refractivity contribution in [1.82, 2.24) is 20.2 Å². The van der Waals surface area contributed by atoms with E-state index >= 15 is 0 Å². The molecule has 32 heavy (non-hydrogen) atoms. The van der Waals surface area contributed by atoms with Gasteiger partial charge in [-0.3, -0.25) is 4.79 Å². The molecule has 7 nitrogen and oxygen atoms in total. The highest BCUT2D eigenvalue weighted by atomic mass is 16.5. The van der Waals surface area contributed by atoms with Crippen molar-refractivity contribution in [2.45, 2.75) is 25.8 Å². The van der Waals surface area contributed by atoms with Gasteiger partial charge in [0.05, 0.1) is 7.11 Å². The van der Waals surface area contributed by atoms with Gasteiger partial charge >= 0.3 is 0 Å². The number of carbonyl (C=O) groups is 1. The molecule has 0 radical (unpaired) electrons. The number of likely N-dealkylation sites (tertiary alicyclic amines) is 1. The van der Waals surface area contributed by atoms with E-state index in [2.05, 4.69) is 49.8 Å². The number of rotatable bonds is 8. The van der Waals surface area contributed by atoms with Crippen LogP contribution in [0.1, 0.15) is 18.9 Å². The molecule has 2 N–H and O–H groups in total. The van der Waals surface area contributed by atoms with Gasteiger partial charge in [-0.1, -0.05) is 24.3 Å². The molecule has 1 unspecified atom stereocenters. The van der Waals surface area contributed by atoms with E-state index in [0.29, 0.717) is 5.95 Å². The molecule has 2 aromatic carbocycles. The Morgan fingerprint density at radius 1 is 1.06 bits per heavy atom. The minimum absolute atomic E-state index is 0.0549. The summed E-state index contributed by atoms with van der Waals surface area (Å²) >= 11 is 0. The fourth-order valence-electron chi connectivity index (χ4n) is 3.94. The van der Waals surface area contributed by atoms with Gasteiger partial charge in [-0.25, -0.2) is 9.97 Å². The van der Waals surface area contributed by atoms with Crippen molar-refractivity contribution >= 4 is 17.5 Å². The first-order chi connectivity index (χ1) is 15.6. The van der Waals surface area contributed by atoms with E-state index < -0.39 is 0 Å². The van der Waals surface area contributed by atoms with Gasteiger partial charge in [-0.15, -0.1) is 0 Å². The second-order valence-electron chi connectivity index (χ2n) is 8.08. The SMILES string of the molecule is COc1ccc(-c2cnc(Nc3ccc(CCN4CCC(NC(C)=O)C4)cc3)nc2)cc1. The molecule has 166 valence electrons. The maximum atomic E-state index is 11.2. The van der Waals surface area contributed by atoms with Crippen LogP contribution in [0.15, 0.2) is 60.9 Å². The van der Waals surface area contributed by atoms with Crippen molar-refractivity contribution in [2.24, 2.45) is 0 Å². The Hall–Kier alpha value is -3.45. The highest BCUT2D eigenvalue weighted by molar-refractivity contribution is 5.73. The van der Waals surface area contributed by atoms with Crippen molar-refractivity contribution in [3.8, 4) is 16.9 Å². The smallest absolute Gasteiger partial charge is 0.227 e. The summed E-state index contributed by atoms with van der Waals surface area (Å²) in [7, 11) is 1.66. The maximum absolute atomic E-state index is 11.2. The first-order valence-corrected chi connectivity index (χ1v) is 10.9. The zero-order valence-electron chi connectivity index (χ0n) is 18.5. The summed E-state index contributed by atoms with van der Waals surface area (Å²) in [4.78, 5) is 22.5. The third-order valence-electron chi connectivity index (χ3n) is 5.68. The number of hydrogen-bond donors (Lipinski definition) is 2. The number of aromatic nitrogens is 2. The Morgan fingerprint density at radius 3 is 2.44 bits per heavy atom. The number of carbonyl (C=O) groups excluding carboxylic acids is 1. The number of anilines is 2. The zero-order chi connectivity index (χ0) is 22.3. The largest absolute Gasteiger partial charge is 0.497 e. The molecule has 1 atom stereocenters. The lowest BCUT2D eigenvalue weighted by atomic mass is 10.1. The van der Waals surface area contributed by atoms with Crippen molar-refractivity contribution in [1.29, 1.82) is 0 Å².